The molecule has 0 atom stereocenters. The first kappa shape index (κ1) is 4.96. The van der Waals surface area contributed by atoms with E-state index < -0.39 is 0 Å². The SMILES string of the molecule is CON=CC#N. The minimum absolute atomic E-state index is 1.01. The van der Waals surface area contributed by atoms with Gasteiger partial charge in [0.05, 0.1) is 0 Å². The van der Waals surface area contributed by atoms with Crippen molar-refractivity contribution in [1.82, 2.24) is 0 Å². The predicted octanol–water partition coefficient (Wildman–Crippen LogP) is 0.142. The highest BCUT2D eigenvalue weighted by Crippen LogP contribution is 1.57. The quantitative estimate of drug-likeness (QED) is 0.335. The Morgan fingerprint density at radius 1 is 2.00 bits per heavy atom. The third-order valence-corrected chi connectivity index (χ3v) is 0.216. The zero-order valence-corrected chi connectivity index (χ0v) is 3.38. The van der Waals surface area contributed by atoms with Crippen LogP contribution in [0.1, 0.15) is 0 Å². The third kappa shape index (κ3) is 2.96. The Morgan fingerprint density at radius 3 is 2.83 bits per heavy atom. The molecule has 0 aliphatic rings. The van der Waals surface area contributed by atoms with Gasteiger partial charge in [-0.3, -0.25) is 0 Å². The fourth-order valence-corrected chi connectivity index (χ4v) is 0.0763. The van der Waals surface area contributed by atoms with Crippen LogP contribution in [0.2, 0.25) is 0 Å². The molecule has 0 aliphatic carbocycles. The Kier molecular flexibility index (Phi) is 3.27. The predicted molar refractivity (Wildman–Crippen MR) is 21.1 cm³/mol. The van der Waals surface area contributed by atoms with E-state index in [1.165, 1.54) is 7.11 Å². The van der Waals surface area contributed by atoms with Gasteiger partial charge in [0, 0.05) is 0 Å². The summed E-state index contributed by atoms with van der Waals surface area (Å²) >= 11 is 0. The number of nitriles is 1. The van der Waals surface area contributed by atoms with Crippen LogP contribution in [0.4, 0.5) is 0 Å². The van der Waals surface area contributed by atoms with E-state index in [0.29, 0.717) is 0 Å². The normalized spacial score (nSPS) is 8.00. The van der Waals surface area contributed by atoms with Gasteiger partial charge in [-0.25, -0.2) is 0 Å². The fourth-order valence-electron chi connectivity index (χ4n) is 0.0763. The van der Waals surface area contributed by atoms with Gasteiger partial charge in [0.15, 0.2) is 0 Å². The van der Waals surface area contributed by atoms with Gasteiger partial charge in [0.1, 0.15) is 19.4 Å². The first-order chi connectivity index (χ1) is 2.91. The number of rotatable bonds is 1. The summed E-state index contributed by atoms with van der Waals surface area (Å²) in [6.45, 7) is 0. The lowest BCUT2D eigenvalue weighted by Crippen LogP contribution is -1.65. The second-order valence-corrected chi connectivity index (χ2v) is 0.546. The Hall–Kier alpha value is -1.04. The first-order valence-corrected chi connectivity index (χ1v) is 1.36. The standard InChI is InChI=1S/C3H4N2O/c1-6-5-3-2-4/h3H,1H3. The van der Waals surface area contributed by atoms with Crippen molar-refractivity contribution in [2.75, 3.05) is 7.11 Å². The van der Waals surface area contributed by atoms with Crippen LogP contribution in [0.3, 0.4) is 0 Å². The highest BCUT2D eigenvalue weighted by Gasteiger charge is 1.55. The summed E-state index contributed by atoms with van der Waals surface area (Å²) in [4.78, 5) is 4.13. The lowest BCUT2D eigenvalue weighted by atomic mass is 10.9. The molecule has 0 bridgehead atoms. The van der Waals surface area contributed by atoms with E-state index in [2.05, 4.69) is 9.99 Å². The van der Waals surface area contributed by atoms with Gasteiger partial charge < -0.3 is 4.84 Å². The maximum Gasteiger partial charge on any atom is 0.143 e. The Balaban J connectivity index is 3.02. The summed E-state index contributed by atoms with van der Waals surface area (Å²) < 4.78 is 0. The molecule has 0 fully saturated rings. The second kappa shape index (κ2) is 3.96. The average Bonchev–Trinajstić information content (AvgIpc) is 1.61. The van der Waals surface area contributed by atoms with Crippen molar-refractivity contribution in [3.63, 3.8) is 0 Å². The molecule has 0 amide bonds. The molecule has 0 aromatic heterocycles. The lowest BCUT2D eigenvalue weighted by molar-refractivity contribution is 0.216. The van der Waals surface area contributed by atoms with Crippen molar-refractivity contribution >= 4 is 6.21 Å². The van der Waals surface area contributed by atoms with E-state index in [1.807, 2.05) is 0 Å². The van der Waals surface area contributed by atoms with Crippen LogP contribution in [0, 0.1) is 11.3 Å². The second-order valence-electron chi connectivity index (χ2n) is 0.546. The van der Waals surface area contributed by atoms with E-state index in [1.54, 1.807) is 6.07 Å². The van der Waals surface area contributed by atoms with Crippen molar-refractivity contribution in [3.05, 3.63) is 0 Å². The smallest absolute Gasteiger partial charge is 0.143 e. The number of hydrogen-bond donors (Lipinski definition) is 0. The van der Waals surface area contributed by atoms with Crippen LogP contribution in [0.15, 0.2) is 5.16 Å². The van der Waals surface area contributed by atoms with Crippen LogP contribution in [0.25, 0.3) is 0 Å². The topological polar surface area (TPSA) is 45.4 Å². The molecule has 0 rings (SSSR count). The minimum Gasteiger partial charge on any atom is -0.399 e. The van der Waals surface area contributed by atoms with E-state index >= 15 is 0 Å². The molecule has 6 heavy (non-hydrogen) atoms. The van der Waals surface area contributed by atoms with Crippen LogP contribution in [0.5, 0.6) is 0 Å². The summed E-state index contributed by atoms with van der Waals surface area (Å²) in [7, 11) is 1.38. The molecule has 0 spiro atoms. The van der Waals surface area contributed by atoms with Crippen molar-refractivity contribution < 1.29 is 4.84 Å². The molecule has 0 unspecified atom stereocenters. The van der Waals surface area contributed by atoms with Gasteiger partial charge in [-0.2, -0.15) is 5.26 Å². The number of nitrogens with zero attached hydrogens (tertiary/aromatic N) is 2. The maximum atomic E-state index is 7.72. The first-order valence-electron chi connectivity index (χ1n) is 1.36. The molecule has 3 heteroatoms. The molecule has 0 saturated carbocycles. The Morgan fingerprint density at radius 2 is 2.67 bits per heavy atom. The van der Waals surface area contributed by atoms with Crippen molar-refractivity contribution in [1.29, 1.82) is 5.26 Å². The average molecular weight is 84.1 g/mol. The van der Waals surface area contributed by atoms with Crippen molar-refractivity contribution in [3.8, 4) is 6.07 Å². The molecular formula is C3H4N2O. The third-order valence-electron chi connectivity index (χ3n) is 0.216. The van der Waals surface area contributed by atoms with Crippen LogP contribution >= 0.6 is 0 Å². The number of hydrogen-bond acceptors (Lipinski definition) is 3. The van der Waals surface area contributed by atoms with E-state index in [0.717, 1.165) is 6.21 Å². The molecule has 0 aromatic carbocycles. The molecule has 0 saturated heterocycles. The zero-order chi connectivity index (χ0) is 4.83. The zero-order valence-electron chi connectivity index (χ0n) is 3.38. The van der Waals surface area contributed by atoms with Gasteiger partial charge in [-0.1, -0.05) is 5.16 Å². The maximum absolute atomic E-state index is 7.72. The Labute approximate surface area is 35.8 Å². The largest absolute Gasteiger partial charge is 0.399 e. The minimum atomic E-state index is 1.01. The van der Waals surface area contributed by atoms with E-state index in [9.17, 15) is 0 Å². The van der Waals surface area contributed by atoms with Crippen LogP contribution < -0.4 is 0 Å². The van der Waals surface area contributed by atoms with Gasteiger partial charge >= 0.3 is 0 Å². The fraction of sp³-hybridized carbons (Fsp3) is 0.333. The van der Waals surface area contributed by atoms with Crippen LogP contribution in [-0.4, -0.2) is 13.3 Å². The summed E-state index contributed by atoms with van der Waals surface area (Å²) in [6, 6.07) is 1.65. The lowest BCUT2D eigenvalue weighted by Gasteiger charge is -1.74. The summed E-state index contributed by atoms with van der Waals surface area (Å²) in [5.41, 5.74) is 0. The van der Waals surface area contributed by atoms with Crippen molar-refractivity contribution in [2.45, 2.75) is 0 Å². The van der Waals surface area contributed by atoms with Gasteiger partial charge in [-0.05, 0) is 0 Å². The van der Waals surface area contributed by atoms with Crippen molar-refractivity contribution in [2.24, 2.45) is 5.16 Å². The number of oxime groups is 1. The summed E-state index contributed by atoms with van der Waals surface area (Å²) in [5.74, 6) is 0. The molecule has 0 aliphatic heterocycles. The monoisotopic (exact) mass is 84.0 g/mol. The summed E-state index contributed by atoms with van der Waals surface area (Å²) in [6.07, 6.45) is 1.01. The molecule has 3 nitrogen and oxygen atoms in total. The Bertz CT molecular complexity index is 81.3. The molecule has 0 radical (unpaired) electrons. The molecule has 0 heterocycles. The summed E-state index contributed by atoms with van der Waals surface area (Å²) in [5, 5.41) is 10.8. The van der Waals surface area contributed by atoms with Gasteiger partial charge in [0.25, 0.3) is 0 Å². The molecule has 32 valence electrons. The highest BCUT2D eigenvalue weighted by atomic mass is 16.6. The van der Waals surface area contributed by atoms with Crippen LogP contribution in [-0.2, 0) is 4.84 Å². The van der Waals surface area contributed by atoms with E-state index in [4.69, 9.17) is 5.26 Å². The highest BCUT2D eigenvalue weighted by molar-refractivity contribution is 5.74. The molecule has 0 N–H and O–H groups in total. The van der Waals surface area contributed by atoms with E-state index in [-0.39, 0.29) is 0 Å². The van der Waals surface area contributed by atoms with Gasteiger partial charge in [-0.15, -0.1) is 0 Å². The van der Waals surface area contributed by atoms with Gasteiger partial charge in [0.2, 0.25) is 0 Å². The molecule has 0 aromatic rings. The molecular weight excluding hydrogens is 80.0 g/mol.